The zero-order chi connectivity index (χ0) is 20.0. The van der Waals surface area contributed by atoms with Gasteiger partial charge in [-0.3, -0.25) is 9.67 Å². The van der Waals surface area contributed by atoms with Gasteiger partial charge in [0.05, 0.1) is 18.3 Å². The van der Waals surface area contributed by atoms with Crippen LogP contribution in [0.15, 0.2) is 4.99 Å². The van der Waals surface area contributed by atoms with Gasteiger partial charge in [-0.25, -0.2) is 4.79 Å². The normalized spacial score (nSPS) is 16.6. The second-order valence-electron chi connectivity index (χ2n) is 7.28. The molecule has 0 spiro atoms. The summed E-state index contributed by atoms with van der Waals surface area (Å²) in [6.07, 6.45) is 2.80. The van der Waals surface area contributed by atoms with E-state index in [0.29, 0.717) is 19.1 Å². The zero-order valence-electron chi connectivity index (χ0n) is 17.4. The highest BCUT2D eigenvalue weighted by atomic mass is 16.5. The van der Waals surface area contributed by atoms with Gasteiger partial charge in [-0.1, -0.05) is 0 Å². The lowest BCUT2D eigenvalue weighted by atomic mass is 10.1. The molecule has 0 bridgehead atoms. The first-order valence-electron chi connectivity index (χ1n) is 9.75. The van der Waals surface area contributed by atoms with Crippen molar-refractivity contribution in [3.63, 3.8) is 0 Å². The SMILES string of the molecule is CCOC(=O)NC(CNC(=NC)NC(C)Cc1c(C)nn(C)c1C)C1CC1. The van der Waals surface area contributed by atoms with Crippen molar-refractivity contribution in [3.8, 4) is 0 Å². The van der Waals surface area contributed by atoms with Gasteiger partial charge in [0.2, 0.25) is 0 Å². The number of rotatable bonds is 8. The molecule has 1 amide bonds. The van der Waals surface area contributed by atoms with Gasteiger partial charge in [-0.15, -0.1) is 0 Å². The Labute approximate surface area is 162 Å². The number of aromatic nitrogens is 2. The Kier molecular flexibility index (Phi) is 7.50. The van der Waals surface area contributed by atoms with Crippen molar-refractivity contribution < 1.29 is 9.53 Å². The van der Waals surface area contributed by atoms with Crippen molar-refractivity contribution in [1.29, 1.82) is 0 Å². The third-order valence-electron chi connectivity index (χ3n) is 5.04. The topological polar surface area (TPSA) is 92.6 Å². The van der Waals surface area contributed by atoms with Gasteiger partial charge in [0.15, 0.2) is 5.96 Å². The molecule has 3 N–H and O–H groups in total. The number of nitrogens with one attached hydrogen (secondary N) is 3. The van der Waals surface area contributed by atoms with Crippen molar-refractivity contribution in [2.45, 2.75) is 59.0 Å². The number of aliphatic imine (C=N–C) groups is 1. The van der Waals surface area contributed by atoms with E-state index in [9.17, 15) is 4.79 Å². The van der Waals surface area contributed by atoms with Gasteiger partial charge in [0, 0.05) is 32.4 Å². The number of aryl methyl sites for hydroxylation is 2. The van der Waals surface area contributed by atoms with Crippen LogP contribution in [-0.4, -0.2) is 54.1 Å². The summed E-state index contributed by atoms with van der Waals surface area (Å²) in [6.45, 7) is 9.09. The molecule has 1 aromatic rings. The molecule has 0 radical (unpaired) electrons. The zero-order valence-corrected chi connectivity index (χ0v) is 17.4. The second-order valence-corrected chi connectivity index (χ2v) is 7.28. The molecule has 1 saturated carbocycles. The maximum absolute atomic E-state index is 11.7. The summed E-state index contributed by atoms with van der Waals surface area (Å²) in [5.41, 5.74) is 3.53. The first kappa shape index (κ1) is 21.1. The fourth-order valence-corrected chi connectivity index (χ4v) is 3.26. The van der Waals surface area contributed by atoms with Crippen LogP contribution in [0, 0.1) is 19.8 Å². The number of hydrogen-bond acceptors (Lipinski definition) is 4. The van der Waals surface area contributed by atoms with Gasteiger partial charge in [-0.2, -0.15) is 5.10 Å². The monoisotopic (exact) mass is 378 g/mol. The van der Waals surface area contributed by atoms with Crippen LogP contribution in [0.3, 0.4) is 0 Å². The number of amides is 1. The van der Waals surface area contributed by atoms with Crippen LogP contribution in [0.1, 0.15) is 43.6 Å². The maximum Gasteiger partial charge on any atom is 0.407 e. The summed E-state index contributed by atoms with van der Waals surface area (Å²) in [5, 5.41) is 14.2. The number of carbonyl (C=O) groups excluding carboxylic acids is 1. The Morgan fingerprint density at radius 1 is 1.37 bits per heavy atom. The van der Waals surface area contributed by atoms with E-state index in [0.717, 1.165) is 30.9 Å². The van der Waals surface area contributed by atoms with E-state index in [1.807, 2.05) is 25.6 Å². The number of ether oxygens (including phenoxy) is 1. The number of carbonyl (C=O) groups is 1. The van der Waals surface area contributed by atoms with Gasteiger partial charge in [-0.05, 0) is 58.4 Å². The number of guanidine groups is 1. The molecule has 2 atom stereocenters. The minimum Gasteiger partial charge on any atom is -0.450 e. The lowest BCUT2D eigenvalue weighted by Gasteiger charge is -2.22. The molecule has 0 saturated heterocycles. The minimum absolute atomic E-state index is 0.0562. The molecule has 1 aliphatic rings. The Bertz CT molecular complexity index is 665. The van der Waals surface area contributed by atoms with Crippen LogP contribution >= 0.6 is 0 Å². The molecule has 27 heavy (non-hydrogen) atoms. The lowest BCUT2D eigenvalue weighted by Crippen LogP contribution is -2.50. The molecule has 152 valence electrons. The predicted octanol–water partition coefficient (Wildman–Crippen LogP) is 1.66. The molecule has 8 nitrogen and oxygen atoms in total. The third kappa shape index (κ3) is 6.15. The van der Waals surface area contributed by atoms with Crippen LogP contribution in [0.5, 0.6) is 0 Å². The van der Waals surface area contributed by atoms with Crippen LogP contribution < -0.4 is 16.0 Å². The molecule has 0 aliphatic heterocycles. The van der Waals surface area contributed by atoms with E-state index in [1.165, 1.54) is 11.3 Å². The van der Waals surface area contributed by atoms with Crippen LogP contribution in [0.2, 0.25) is 0 Å². The molecule has 1 aromatic heterocycles. The second kappa shape index (κ2) is 9.62. The van der Waals surface area contributed by atoms with Crippen molar-refractivity contribution >= 4 is 12.1 Å². The summed E-state index contributed by atoms with van der Waals surface area (Å²) in [5.74, 6) is 1.25. The lowest BCUT2D eigenvalue weighted by molar-refractivity contribution is 0.146. The first-order valence-corrected chi connectivity index (χ1v) is 9.75. The number of alkyl carbamates (subject to hydrolysis) is 1. The highest BCUT2D eigenvalue weighted by Crippen LogP contribution is 2.32. The summed E-state index contributed by atoms with van der Waals surface area (Å²) >= 11 is 0. The van der Waals surface area contributed by atoms with Gasteiger partial charge >= 0.3 is 6.09 Å². The summed E-state index contributed by atoms with van der Waals surface area (Å²) in [4.78, 5) is 16.0. The molecule has 1 aliphatic carbocycles. The average molecular weight is 379 g/mol. The fraction of sp³-hybridized carbons (Fsp3) is 0.737. The molecular weight excluding hydrogens is 344 g/mol. The highest BCUT2D eigenvalue weighted by molar-refractivity contribution is 5.80. The van der Waals surface area contributed by atoms with Crippen molar-refractivity contribution in [1.82, 2.24) is 25.7 Å². The smallest absolute Gasteiger partial charge is 0.407 e. The maximum atomic E-state index is 11.7. The summed E-state index contributed by atoms with van der Waals surface area (Å²) < 4.78 is 6.93. The standard InChI is InChI=1S/C19H34N6O2/c1-7-27-19(26)23-17(15-8-9-15)11-21-18(20-5)22-12(2)10-16-13(3)24-25(6)14(16)4/h12,15,17H,7-11H2,1-6H3,(H,23,26)(H2,20,21,22). The molecule has 2 rings (SSSR count). The van der Waals surface area contributed by atoms with Crippen molar-refractivity contribution in [3.05, 3.63) is 17.0 Å². The number of nitrogens with zero attached hydrogens (tertiary/aromatic N) is 3. The Hall–Kier alpha value is -2.25. The Morgan fingerprint density at radius 2 is 2.07 bits per heavy atom. The van der Waals surface area contributed by atoms with E-state index in [2.05, 4.69) is 39.9 Å². The number of hydrogen-bond donors (Lipinski definition) is 3. The van der Waals surface area contributed by atoms with E-state index in [1.54, 1.807) is 7.05 Å². The average Bonchev–Trinajstić information content (AvgIpc) is 3.42. The van der Waals surface area contributed by atoms with Crippen LogP contribution in [-0.2, 0) is 18.2 Å². The Balaban J connectivity index is 1.86. The van der Waals surface area contributed by atoms with Crippen molar-refractivity contribution in [2.75, 3.05) is 20.2 Å². The third-order valence-corrected chi connectivity index (χ3v) is 5.04. The largest absolute Gasteiger partial charge is 0.450 e. The summed E-state index contributed by atoms with van der Waals surface area (Å²) in [7, 11) is 3.73. The van der Waals surface area contributed by atoms with Crippen LogP contribution in [0.4, 0.5) is 4.79 Å². The van der Waals surface area contributed by atoms with E-state index in [-0.39, 0.29) is 18.2 Å². The minimum atomic E-state index is -0.352. The van der Waals surface area contributed by atoms with Crippen LogP contribution in [0.25, 0.3) is 0 Å². The van der Waals surface area contributed by atoms with E-state index >= 15 is 0 Å². The van der Waals surface area contributed by atoms with Gasteiger partial charge in [0.1, 0.15) is 0 Å². The van der Waals surface area contributed by atoms with Crippen molar-refractivity contribution in [2.24, 2.45) is 18.0 Å². The highest BCUT2D eigenvalue weighted by Gasteiger charge is 2.32. The molecule has 8 heteroatoms. The molecule has 2 unspecified atom stereocenters. The quantitative estimate of drug-likeness (QED) is 0.473. The summed E-state index contributed by atoms with van der Waals surface area (Å²) in [6, 6.07) is 0.260. The molecular formula is C19H34N6O2. The predicted molar refractivity (Wildman–Crippen MR) is 107 cm³/mol. The molecule has 0 aromatic carbocycles. The Morgan fingerprint density at radius 3 is 2.59 bits per heavy atom. The van der Waals surface area contributed by atoms with Gasteiger partial charge < -0.3 is 20.7 Å². The fourth-order valence-electron chi connectivity index (χ4n) is 3.26. The molecule has 1 fully saturated rings. The first-order chi connectivity index (χ1) is 12.8. The van der Waals surface area contributed by atoms with Gasteiger partial charge in [0.25, 0.3) is 0 Å². The molecule has 1 heterocycles. The van der Waals surface area contributed by atoms with E-state index < -0.39 is 0 Å². The van der Waals surface area contributed by atoms with E-state index in [4.69, 9.17) is 4.74 Å².